The second-order valence-corrected chi connectivity index (χ2v) is 6.36. The van der Waals surface area contributed by atoms with Gasteiger partial charge < -0.3 is 9.73 Å². The molecule has 0 aliphatic carbocycles. The molecule has 0 radical (unpaired) electrons. The van der Waals surface area contributed by atoms with Crippen LogP contribution in [0, 0.1) is 3.57 Å². The van der Waals surface area contributed by atoms with Crippen LogP contribution in [0.3, 0.4) is 0 Å². The molecule has 1 aromatic carbocycles. The summed E-state index contributed by atoms with van der Waals surface area (Å²) in [6.07, 6.45) is 0. The zero-order chi connectivity index (χ0) is 13.2. The molecule has 0 atom stereocenters. The molecule has 5 nitrogen and oxygen atoms in total. The van der Waals surface area contributed by atoms with E-state index in [0.29, 0.717) is 12.3 Å². The Bertz CT molecular complexity index is 635. The Balaban J connectivity index is 2.03. The van der Waals surface area contributed by atoms with Crippen molar-refractivity contribution in [2.24, 2.45) is 5.14 Å². The maximum Gasteiger partial charge on any atom is 0.271 e. The van der Waals surface area contributed by atoms with Gasteiger partial charge in [0.05, 0.1) is 6.54 Å². The summed E-state index contributed by atoms with van der Waals surface area (Å²) in [7, 11) is -3.77. The van der Waals surface area contributed by atoms with Crippen LogP contribution in [-0.2, 0) is 16.6 Å². The van der Waals surface area contributed by atoms with Crippen LogP contribution in [-0.4, -0.2) is 8.42 Å². The Labute approximate surface area is 119 Å². The molecule has 18 heavy (non-hydrogen) atoms. The number of anilines is 1. The monoisotopic (exact) mass is 378 g/mol. The second kappa shape index (κ2) is 5.29. The van der Waals surface area contributed by atoms with Crippen molar-refractivity contribution in [2.75, 3.05) is 5.32 Å². The van der Waals surface area contributed by atoms with Gasteiger partial charge in [-0.1, -0.05) is 0 Å². The third kappa shape index (κ3) is 3.47. The average molecular weight is 378 g/mol. The number of primary sulfonamides is 1. The number of benzene rings is 1. The summed E-state index contributed by atoms with van der Waals surface area (Å²) in [6.45, 7) is 0.399. The normalized spacial score (nSPS) is 11.4. The van der Waals surface area contributed by atoms with E-state index in [-0.39, 0.29) is 5.09 Å². The lowest BCUT2D eigenvalue weighted by atomic mass is 10.3. The summed E-state index contributed by atoms with van der Waals surface area (Å²) < 4.78 is 28.3. The molecule has 0 saturated heterocycles. The SMILES string of the molecule is NS(=O)(=O)c1ccc(CNc2ccc(I)cc2)o1. The molecular weight excluding hydrogens is 367 g/mol. The molecule has 0 aliphatic heterocycles. The van der Waals surface area contributed by atoms with Crippen molar-refractivity contribution in [3.05, 3.63) is 45.7 Å². The molecule has 7 heteroatoms. The molecular formula is C11H11IN2O3S. The van der Waals surface area contributed by atoms with E-state index in [1.54, 1.807) is 6.07 Å². The Hall–Kier alpha value is -1.06. The Kier molecular flexibility index (Phi) is 3.93. The van der Waals surface area contributed by atoms with Crippen LogP contribution in [0.25, 0.3) is 0 Å². The van der Waals surface area contributed by atoms with Gasteiger partial charge in [0.15, 0.2) is 0 Å². The Morgan fingerprint density at radius 2 is 1.83 bits per heavy atom. The van der Waals surface area contributed by atoms with Crippen molar-refractivity contribution < 1.29 is 12.8 Å². The van der Waals surface area contributed by atoms with Gasteiger partial charge in [0.25, 0.3) is 10.0 Å². The zero-order valence-electron chi connectivity index (χ0n) is 9.26. The van der Waals surface area contributed by atoms with Crippen LogP contribution in [0.1, 0.15) is 5.76 Å². The van der Waals surface area contributed by atoms with E-state index < -0.39 is 10.0 Å². The number of furan rings is 1. The van der Waals surface area contributed by atoms with Crippen molar-refractivity contribution in [2.45, 2.75) is 11.6 Å². The number of hydrogen-bond acceptors (Lipinski definition) is 4. The van der Waals surface area contributed by atoms with E-state index in [2.05, 4.69) is 27.9 Å². The summed E-state index contributed by atoms with van der Waals surface area (Å²) in [6, 6.07) is 10.7. The number of hydrogen-bond donors (Lipinski definition) is 2. The number of nitrogens with two attached hydrogens (primary N) is 1. The van der Waals surface area contributed by atoms with Crippen molar-refractivity contribution in [1.82, 2.24) is 0 Å². The van der Waals surface area contributed by atoms with Crippen molar-refractivity contribution in [3.8, 4) is 0 Å². The lowest BCUT2D eigenvalue weighted by molar-refractivity contribution is 0.419. The fourth-order valence-electron chi connectivity index (χ4n) is 1.36. The summed E-state index contributed by atoms with van der Waals surface area (Å²) in [5.74, 6) is 0.512. The van der Waals surface area contributed by atoms with Crippen molar-refractivity contribution >= 4 is 38.3 Å². The van der Waals surface area contributed by atoms with Gasteiger partial charge >= 0.3 is 0 Å². The van der Waals surface area contributed by atoms with E-state index in [1.807, 2.05) is 24.3 Å². The van der Waals surface area contributed by atoms with Crippen LogP contribution in [0.4, 0.5) is 5.69 Å². The lowest BCUT2D eigenvalue weighted by Gasteiger charge is -2.04. The lowest BCUT2D eigenvalue weighted by Crippen LogP contribution is -2.10. The summed E-state index contributed by atoms with van der Waals surface area (Å²) in [5.41, 5.74) is 0.934. The molecule has 1 heterocycles. The van der Waals surface area contributed by atoms with Gasteiger partial charge in [0, 0.05) is 9.26 Å². The molecule has 3 N–H and O–H groups in total. The first-order valence-corrected chi connectivity index (χ1v) is 7.68. The number of nitrogens with one attached hydrogen (secondary N) is 1. The Morgan fingerprint density at radius 1 is 1.17 bits per heavy atom. The fourth-order valence-corrected chi connectivity index (χ4v) is 2.20. The van der Waals surface area contributed by atoms with Gasteiger partial charge in [-0.2, -0.15) is 0 Å². The van der Waals surface area contributed by atoms with Gasteiger partial charge in [-0.05, 0) is 59.0 Å². The molecule has 0 fully saturated rings. The van der Waals surface area contributed by atoms with Gasteiger partial charge in [0.1, 0.15) is 5.76 Å². The van der Waals surface area contributed by atoms with Crippen LogP contribution in [0.5, 0.6) is 0 Å². The predicted octanol–water partition coefficient (Wildman–Crippen LogP) is 2.14. The van der Waals surface area contributed by atoms with Gasteiger partial charge in [-0.3, -0.25) is 0 Å². The van der Waals surface area contributed by atoms with E-state index in [9.17, 15) is 8.42 Å². The largest absolute Gasteiger partial charge is 0.446 e. The van der Waals surface area contributed by atoms with Crippen molar-refractivity contribution in [3.63, 3.8) is 0 Å². The van der Waals surface area contributed by atoms with Crippen LogP contribution >= 0.6 is 22.6 Å². The minimum atomic E-state index is -3.77. The summed E-state index contributed by atoms with van der Waals surface area (Å²) in [4.78, 5) is 0. The van der Waals surface area contributed by atoms with Crippen LogP contribution in [0.2, 0.25) is 0 Å². The Morgan fingerprint density at radius 3 is 2.39 bits per heavy atom. The van der Waals surface area contributed by atoms with Gasteiger partial charge in [0.2, 0.25) is 5.09 Å². The first-order valence-electron chi connectivity index (χ1n) is 5.06. The number of halogens is 1. The molecule has 2 rings (SSSR count). The van der Waals surface area contributed by atoms with E-state index in [1.165, 1.54) is 6.07 Å². The molecule has 0 amide bonds. The maximum absolute atomic E-state index is 11.0. The summed E-state index contributed by atoms with van der Waals surface area (Å²) in [5, 5.41) is 7.85. The molecule has 0 unspecified atom stereocenters. The quantitative estimate of drug-likeness (QED) is 0.799. The molecule has 0 bridgehead atoms. The van der Waals surface area contributed by atoms with Gasteiger partial charge in [-0.15, -0.1) is 0 Å². The third-order valence-corrected chi connectivity index (χ3v) is 3.73. The first-order chi connectivity index (χ1) is 8.45. The third-order valence-electron chi connectivity index (χ3n) is 2.23. The molecule has 2 aromatic rings. The second-order valence-electron chi connectivity index (χ2n) is 3.63. The molecule has 1 aromatic heterocycles. The highest BCUT2D eigenvalue weighted by atomic mass is 127. The van der Waals surface area contributed by atoms with Gasteiger partial charge in [-0.25, -0.2) is 13.6 Å². The van der Waals surface area contributed by atoms with Crippen LogP contribution < -0.4 is 10.5 Å². The highest BCUT2D eigenvalue weighted by Gasteiger charge is 2.12. The fraction of sp³-hybridized carbons (Fsp3) is 0.0909. The van der Waals surface area contributed by atoms with E-state index >= 15 is 0 Å². The minimum absolute atomic E-state index is 0.220. The molecule has 0 spiro atoms. The molecule has 0 saturated carbocycles. The minimum Gasteiger partial charge on any atom is -0.446 e. The molecule has 0 aliphatic rings. The summed E-state index contributed by atoms with van der Waals surface area (Å²) >= 11 is 2.22. The zero-order valence-corrected chi connectivity index (χ0v) is 12.2. The molecule has 96 valence electrons. The highest BCUT2D eigenvalue weighted by molar-refractivity contribution is 14.1. The van der Waals surface area contributed by atoms with Crippen LogP contribution in [0.15, 0.2) is 45.9 Å². The average Bonchev–Trinajstić information content (AvgIpc) is 2.77. The predicted molar refractivity (Wildman–Crippen MR) is 76.6 cm³/mol. The topological polar surface area (TPSA) is 85.3 Å². The maximum atomic E-state index is 11.0. The standard InChI is InChI=1S/C11H11IN2O3S/c12-8-1-3-9(4-2-8)14-7-10-5-6-11(17-10)18(13,15)16/h1-6,14H,7H2,(H2,13,15,16). The van der Waals surface area contributed by atoms with E-state index in [4.69, 9.17) is 9.56 Å². The first kappa shape index (κ1) is 13.4. The number of rotatable bonds is 4. The number of sulfonamides is 1. The van der Waals surface area contributed by atoms with Crippen molar-refractivity contribution in [1.29, 1.82) is 0 Å². The van der Waals surface area contributed by atoms with E-state index in [0.717, 1.165) is 9.26 Å². The highest BCUT2D eigenvalue weighted by Crippen LogP contribution is 2.15. The smallest absolute Gasteiger partial charge is 0.271 e.